The van der Waals surface area contributed by atoms with Crippen molar-refractivity contribution in [3.05, 3.63) is 23.8 Å². The molecule has 0 spiro atoms. The number of nitrogens with one attached hydrogen (secondary N) is 1. The van der Waals surface area contributed by atoms with Crippen LogP contribution in [0.1, 0.15) is 24.9 Å². The van der Waals surface area contributed by atoms with Crippen LogP contribution in [0.25, 0.3) is 0 Å². The average Bonchev–Trinajstić information content (AvgIpc) is 2.33. The number of rotatable bonds is 7. The third-order valence-electron chi connectivity index (χ3n) is 2.76. The highest BCUT2D eigenvalue weighted by atomic mass is 32.2. The van der Waals surface area contributed by atoms with E-state index in [1.165, 1.54) is 7.11 Å². The topological polar surface area (TPSA) is 102 Å². The molecule has 1 rings (SSSR count). The summed E-state index contributed by atoms with van der Waals surface area (Å²) in [5, 5.41) is 17.6. The quantitative estimate of drug-likeness (QED) is 0.642. The number of phenolic OH excluding ortho intramolecular Hbond substituents is 1. The van der Waals surface area contributed by atoms with Gasteiger partial charge >= 0.3 is 0 Å². The predicted molar refractivity (Wildman–Crippen MR) is 73.7 cm³/mol. The lowest BCUT2D eigenvalue weighted by molar-refractivity contribution is 0.372. The Balaban J connectivity index is 2.52. The molecule has 0 bridgehead atoms. The number of aromatic hydroxyl groups is 1. The standard InChI is InChI=1S/C12H20N2O4S/c1-9(14-6-3-7-19(13,16)17)10-4-5-11(15)12(8-10)18-2/h4-5,8-9,14-15H,3,6-7H2,1-2H3,(H2,13,16,17). The van der Waals surface area contributed by atoms with Crippen LogP contribution in [0.4, 0.5) is 0 Å². The van der Waals surface area contributed by atoms with Crippen LogP contribution in [0.5, 0.6) is 11.5 Å². The molecule has 0 fully saturated rings. The third-order valence-corrected chi connectivity index (χ3v) is 3.62. The minimum atomic E-state index is -3.40. The molecule has 4 N–H and O–H groups in total. The molecule has 0 radical (unpaired) electrons. The Morgan fingerprint density at radius 2 is 2.16 bits per heavy atom. The Morgan fingerprint density at radius 3 is 2.74 bits per heavy atom. The van der Waals surface area contributed by atoms with Gasteiger partial charge in [0.1, 0.15) is 0 Å². The van der Waals surface area contributed by atoms with Crippen LogP contribution in [0.15, 0.2) is 18.2 Å². The largest absolute Gasteiger partial charge is 0.504 e. The van der Waals surface area contributed by atoms with E-state index in [0.717, 1.165) is 5.56 Å². The second-order valence-electron chi connectivity index (χ2n) is 4.33. The van der Waals surface area contributed by atoms with E-state index >= 15 is 0 Å². The molecule has 6 nitrogen and oxygen atoms in total. The van der Waals surface area contributed by atoms with Gasteiger partial charge in [0.25, 0.3) is 0 Å². The normalized spacial score (nSPS) is 13.2. The van der Waals surface area contributed by atoms with Crippen LogP contribution >= 0.6 is 0 Å². The van der Waals surface area contributed by atoms with Crippen LogP contribution in [0.2, 0.25) is 0 Å². The first-order valence-electron chi connectivity index (χ1n) is 5.94. The van der Waals surface area contributed by atoms with Crippen LogP contribution in [-0.4, -0.2) is 32.9 Å². The van der Waals surface area contributed by atoms with Crippen LogP contribution in [-0.2, 0) is 10.0 Å². The van der Waals surface area contributed by atoms with E-state index in [4.69, 9.17) is 9.88 Å². The van der Waals surface area contributed by atoms with Crippen molar-refractivity contribution in [1.82, 2.24) is 5.32 Å². The fourth-order valence-electron chi connectivity index (χ4n) is 1.67. The number of primary sulfonamides is 1. The first-order chi connectivity index (χ1) is 8.83. The molecule has 19 heavy (non-hydrogen) atoms. The molecule has 0 aliphatic heterocycles. The number of hydrogen-bond acceptors (Lipinski definition) is 5. The lowest BCUT2D eigenvalue weighted by Gasteiger charge is -2.15. The Labute approximate surface area is 113 Å². The summed E-state index contributed by atoms with van der Waals surface area (Å²) in [4.78, 5) is 0. The maximum atomic E-state index is 10.8. The molecule has 1 atom stereocenters. The average molecular weight is 288 g/mol. The zero-order chi connectivity index (χ0) is 14.5. The van der Waals surface area contributed by atoms with Crippen molar-refractivity contribution >= 4 is 10.0 Å². The summed E-state index contributed by atoms with van der Waals surface area (Å²) in [6.07, 6.45) is 0.457. The number of methoxy groups -OCH3 is 1. The lowest BCUT2D eigenvalue weighted by atomic mass is 10.1. The molecule has 108 valence electrons. The predicted octanol–water partition coefficient (Wildman–Crippen LogP) is 0.730. The molecule has 1 aromatic carbocycles. The van der Waals surface area contributed by atoms with Crippen molar-refractivity contribution in [3.63, 3.8) is 0 Å². The second kappa shape index (κ2) is 6.74. The van der Waals surface area contributed by atoms with Gasteiger partial charge in [-0.15, -0.1) is 0 Å². The van der Waals surface area contributed by atoms with E-state index < -0.39 is 10.0 Å². The fourth-order valence-corrected chi connectivity index (χ4v) is 2.22. The molecular weight excluding hydrogens is 268 g/mol. The summed E-state index contributed by atoms with van der Waals surface area (Å²) < 4.78 is 26.6. The summed E-state index contributed by atoms with van der Waals surface area (Å²) in [5.74, 6) is 0.467. The van der Waals surface area contributed by atoms with E-state index in [-0.39, 0.29) is 17.5 Å². The highest BCUT2D eigenvalue weighted by molar-refractivity contribution is 7.89. The van der Waals surface area contributed by atoms with Crippen LogP contribution < -0.4 is 15.2 Å². The van der Waals surface area contributed by atoms with Gasteiger partial charge in [-0.05, 0) is 37.6 Å². The highest BCUT2D eigenvalue weighted by Crippen LogP contribution is 2.28. The number of benzene rings is 1. The lowest BCUT2D eigenvalue weighted by Crippen LogP contribution is -2.24. The van der Waals surface area contributed by atoms with Crippen LogP contribution in [0, 0.1) is 0 Å². The molecule has 0 saturated carbocycles. The molecule has 1 unspecified atom stereocenters. The van der Waals surface area contributed by atoms with Gasteiger partial charge in [0, 0.05) is 6.04 Å². The molecule has 0 aliphatic rings. The number of ether oxygens (including phenoxy) is 1. The van der Waals surface area contributed by atoms with Gasteiger partial charge in [-0.3, -0.25) is 0 Å². The summed E-state index contributed by atoms with van der Waals surface area (Å²) in [6.45, 7) is 2.49. The smallest absolute Gasteiger partial charge is 0.209 e. The maximum absolute atomic E-state index is 10.8. The minimum absolute atomic E-state index is 0.0231. The molecule has 0 heterocycles. The SMILES string of the molecule is COc1cc(C(C)NCCCS(N)(=O)=O)ccc1O. The van der Waals surface area contributed by atoms with Gasteiger partial charge in [0.2, 0.25) is 10.0 Å². The van der Waals surface area contributed by atoms with Gasteiger partial charge in [-0.2, -0.15) is 0 Å². The Morgan fingerprint density at radius 1 is 1.47 bits per heavy atom. The Hall–Kier alpha value is -1.31. The van der Waals surface area contributed by atoms with E-state index in [2.05, 4.69) is 5.32 Å². The maximum Gasteiger partial charge on any atom is 0.209 e. The fraction of sp³-hybridized carbons (Fsp3) is 0.500. The summed E-state index contributed by atoms with van der Waals surface area (Å²) in [5.41, 5.74) is 0.949. The van der Waals surface area contributed by atoms with E-state index in [1.807, 2.05) is 6.92 Å². The summed E-state index contributed by atoms with van der Waals surface area (Å²) >= 11 is 0. The zero-order valence-corrected chi connectivity index (χ0v) is 11.9. The van der Waals surface area contributed by atoms with E-state index in [9.17, 15) is 13.5 Å². The second-order valence-corrected chi connectivity index (χ2v) is 6.06. The third kappa shape index (κ3) is 5.46. The first kappa shape index (κ1) is 15.7. The van der Waals surface area contributed by atoms with Gasteiger partial charge in [0.15, 0.2) is 11.5 Å². The van der Waals surface area contributed by atoms with Gasteiger partial charge in [-0.25, -0.2) is 13.6 Å². The zero-order valence-electron chi connectivity index (χ0n) is 11.1. The van der Waals surface area contributed by atoms with Crippen LogP contribution in [0.3, 0.4) is 0 Å². The molecule has 1 aromatic rings. The van der Waals surface area contributed by atoms with Crippen molar-refractivity contribution in [3.8, 4) is 11.5 Å². The van der Waals surface area contributed by atoms with Crippen molar-refractivity contribution in [2.75, 3.05) is 19.4 Å². The molecule has 0 aliphatic carbocycles. The molecule has 0 amide bonds. The Bertz CT molecular complexity index is 516. The summed E-state index contributed by atoms with van der Waals surface area (Å²) in [7, 11) is -1.91. The number of phenols is 1. The number of nitrogens with two attached hydrogens (primary N) is 1. The van der Waals surface area contributed by atoms with Gasteiger partial charge in [-0.1, -0.05) is 6.07 Å². The molecular formula is C12H20N2O4S. The summed E-state index contributed by atoms with van der Waals surface area (Å²) in [6, 6.07) is 5.12. The molecule has 7 heteroatoms. The highest BCUT2D eigenvalue weighted by Gasteiger charge is 2.09. The first-order valence-corrected chi connectivity index (χ1v) is 7.66. The molecule has 0 saturated heterocycles. The van der Waals surface area contributed by atoms with E-state index in [1.54, 1.807) is 18.2 Å². The van der Waals surface area contributed by atoms with E-state index in [0.29, 0.717) is 18.7 Å². The van der Waals surface area contributed by atoms with Gasteiger partial charge < -0.3 is 15.2 Å². The minimum Gasteiger partial charge on any atom is -0.504 e. The number of hydrogen-bond donors (Lipinski definition) is 3. The van der Waals surface area contributed by atoms with Crippen molar-refractivity contribution in [2.45, 2.75) is 19.4 Å². The number of sulfonamides is 1. The monoisotopic (exact) mass is 288 g/mol. The van der Waals surface area contributed by atoms with Crippen molar-refractivity contribution in [2.24, 2.45) is 5.14 Å². The molecule has 0 aromatic heterocycles. The van der Waals surface area contributed by atoms with Gasteiger partial charge in [0.05, 0.1) is 12.9 Å². The van der Waals surface area contributed by atoms with Crippen molar-refractivity contribution in [1.29, 1.82) is 0 Å². The Kier molecular flexibility index (Phi) is 5.59. The van der Waals surface area contributed by atoms with Crippen molar-refractivity contribution < 1.29 is 18.3 Å².